The van der Waals surface area contributed by atoms with Gasteiger partial charge in [0.2, 0.25) is 5.91 Å². The quantitative estimate of drug-likeness (QED) is 0.234. The number of rotatable bonds is 10. The largest absolute Gasteiger partial charge is 0.479 e. The van der Waals surface area contributed by atoms with Crippen molar-refractivity contribution in [1.82, 2.24) is 29.9 Å². The lowest BCUT2D eigenvalue weighted by Crippen LogP contribution is -2.39. The van der Waals surface area contributed by atoms with Gasteiger partial charge in [0.15, 0.2) is 5.76 Å². The second-order valence-electron chi connectivity index (χ2n) is 12.4. The molecule has 11 nitrogen and oxygen atoms in total. The number of amides is 2. The molecule has 2 amide bonds. The average molecular weight is 633 g/mol. The summed E-state index contributed by atoms with van der Waals surface area (Å²) in [4.78, 5) is 44.9. The number of nitrogens with zero attached hydrogens (tertiary/aromatic N) is 5. The predicted molar refractivity (Wildman–Crippen MR) is 169 cm³/mol. The number of aromatic nitrogens is 4. The molecule has 1 saturated heterocycles. The summed E-state index contributed by atoms with van der Waals surface area (Å²) in [6.07, 6.45) is 5.27. The van der Waals surface area contributed by atoms with Gasteiger partial charge in [-0.05, 0) is 42.0 Å². The van der Waals surface area contributed by atoms with Crippen LogP contribution in [-0.2, 0) is 11.3 Å². The van der Waals surface area contributed by atoms with E-state index in [1.54, 1.807) is 28.5 Å². The summed E-state index contributed by atoms with van der Waals surface area (Å²) >= 11 is 1.62. The topological polar surface area (TPSA) is 138 Å². The zero-order valence-electron chi connectivity index (χ0n) is 26.1. The smallest absolute Gasteiger partial charge is 0.272 e. The maximum atomic E-state index is 14.0. The summed E-state index contributed by atoms with van der Waals surface area (Å²) < 4.78 is 10.6. The fourth-order valence-corrected chi connectivity index (χ4v) is 7.45. The molecule has 2 aliphatic rings. The predicted octanol–water partition coefficient (Wildman–Crippen LogP) is 5.50. The van der Waals surface area contributed by atoms with E-state index in [1.807, 2.05) is 31.2 Å². The minimum absolute atomic E-state index is 0.0951. The number of likely N-dealkylation sites (tertiary alicyclic amines) is 1. The van der Waals surface area contributed by atoms with Crippen LogP contribution in [0.2, 0.25) is 0 Å². The number of β-amino-alcohol motifs (C(OH)–C–C–N with tert-alkyl or cyclic N) is 1. The Hall–Kier alpha value is -4.03. The van der Waals surface area contributed by atoms with Gasteiger partial charge < -0.3 is 29.2 Å². The van der Waals surface area contributed by atoms with Crippen LogP contribution in [0.5, 0.6) is 5.88 Å². The van der Waals surface area contributed by atoms with Gasteiger partial charge in [0, 0.05) is 31.6 Å². The molecule has 1 aromatic carbocycles. The highest BCUT2D eigenvalue weighted by molar-refractivity contribution is 7.13. The first kappa shape index (κ1) is 31.0. The van der Waals surface area contributed by atoms with Crippen LogP contribution in [0.25, 0.3) is 10.4 Å². The van der Waals surface area contributed by atoms with Crippen LogP contribution < -0.4 is 4.74 Å². The molecule has 1 saturated carbocycles. The number of carbonyl (C=O) groups is 2. The molecule has 4 aromatic rings. The van der Waals surface area contributed by atoms with Crippen molar-refractivity contribution in [3.05, 3.63) is 70.6 Å². The van der Waals surface area contributed by atoms with Gasteiger partial charge in [-0.1, -0.05) is 51.0 Å². The molecule has 6 rings (SSSR count). The van der Waals surface area contributed by atoms with Gasteiger partial charge in [0.25, 0.3) is 11.8 Å². The maximum Gasteiger partial charge on any atom is 0.272 e. The molecule has 2 fully saturated rings. The number of thiazole rings is 1. The molecule has 0 radical (unpaired) electrons. The molecule has 45 heavy (non-hydrogen) atoms. The maximum absolute atomic E-state index is 14.0. The van der Waals surface area contributed by atoms with Crippen LogP contribution >= 0.6 is 11.3 Å². The van der Waals surface area contributed by atoms with Crippen LogP contribution in [0, 0.1) is 12.8 Å². The van der Waals surface area contributed by atoms with Gasteiger partial charge in [-0.3, -0.25) is 9.59 Å². The molecule has 0 bridgehead atoms. The van der Waals surface area contributed by atoms with Crippen molar-refractivity contribution in [2.45, 2.75) is 83.5 Å². The molecule has 1 unspecified atom stereocenters. The normalized spacial score (nSPS) is 19.4. The summed E-state index contributed by atoms with van der Waals surface area (Å²) in [5.41, 5.74) is 5.42. The molecule has 1 aliphatic carbocycles. The summed E-state index contributed by atoms with van der Waals surface area (Å²) in [5.74, 6) is 0.166. The molecular weight excluding hydrogens is 592 g/mol. The monoisotopic (exact) mass is 632 g/mol. The van der Waals surface area contributed by atoms with E-state index >= 15 is 0 Å². The lowest BCUT2D eigenvalue weighted by atomic mass is 9.91. The Bertz CT molecular complexity index is 1620. The molecule has 238 valence electrons. The van der Waals surface area contributed by atoms with Crippen LogP contribution in [-0.4, -0.2) is 72.6 Å². The van der Waals surface area contributed by atoms with Gasteiger partial charge >= 0.3 is 0 Å². The van der Waals surface area contributed by atoms with Crippen LogP contribution in [0.15, 0.2) is 46.6 Å². The molecular formula is C33H40N6O5S. The number of hydrogen-bond acceptors (Lipinski definition) is 9. The number of carbonyl (C=O) groups excluding carboxylic acids is 2. The molecule has 12 heteroatoms. The second-order valence-corrected chi connectivity index (χ2v) is 13.3. The van der Waals surface area contributed by atoms with Crippen LogP contribution in [0.3, 0.4) is 0 Å². The van der Waals surface area contributed by atoms with E-state index in [0.717, 1.165) is 47.4 Å². The lowest BCUT2D eigenvalue weighted by Gasteiger charge is -2.29. The number of H-pyrrole nitrogens is 1. The molecule has 1 aliphatic heterocycles. The summed E-state index contributed by atoms with van der Waals surface area (Å²) in [5, 5.41) is 14.5. The number of benzene rings is 1. The highest BCUT2D eigenvalue weighted by Gasteiger charge is 2.42. The van der Waals surface area contributed by atoms with Crippen molar-refractivity contribution < 1.29 is 24.0 Å². The van der Waals surface area contributed by atoms with Gasteiger partial charge in [-0.15, -0.1) is 11.3 Å². The van der Waals surface area contributed by atoms with Crippen molar-refractivity contribution in [3.8, 4) is 16.3 Å². The molecule has 0 spiro atoms. The number of aliphatic hydroxyl groups excluding tert-OH is 1. The van der Waals surface area contributed by atoms with E-state index in [1.165, 1.54) is 7.11 Å². The number of nitrogens with one attached hydrogen (secondary N) is 1. The number of aliphatic hydroxyl groups is 1. The zero-order chi connectivity index (χ0) is 31.7. The Morgan fingerprint density at radius 2 is 1.96 bits per heavy atom. The second kappa shape index (κ2) is 13.1. The number of imidazole rings is 1. The van der Waals surface area contributed by atoms with Crippen molar-refractivity contribution >= 4 is 23.2 Å². The first-order valence-electron chi connectivity index (χ1n) is 15.6. The Morgan fingerprint density at radius 3 is 2.60 bits per heavy atom. The lowest BCUT2D eigenvalue weighted by molar-refractivity contribution is -0.135. The van der Waals surface area contributed by atoms with Gasteiger partial charge in [-0.2, -0.15) is 0 Å². The van der Waals surface area contributed by atoms with Crippen LogP contribution in [0.4, 0.5) is 0 Å². The molecule has 3 aromatic heterocycles. The molecule has 4 heterocycles. The van der Waals surface area contributed by atoms with Gasteiger partial charge in [-0.25, -0.2) is 9.97 Å². The Labute approximate surface area is 266 Å². The van der Waals surface area contributed by atoms with E-state index in [0.29, 0.717) is 36.1 Å². The number of aryl methyl sites for hydroxylation is 1. The zero-order valence-corrected chi connectivity index (χ0v) is 26.9. The first-order valence-corrected chi connectivity index (χ1v) is 16.5. The van der Waals surface area contributed by atoms with Crippen LogP contribution in [0.1, 0.15) is 91.2 Å². The number of hydrogen-bond donors (Lipinski definition) is 2. The Balaban J connectivity index is 1.22. The molecule has 3 atom stereocenters. The SMILES string of the molecule is COc1cc(C(C(=O)N2C[C@H](O)C[C@H]2c2ncc(C(=O)N(Cc3ccc(-c4scnc4C)cc3)C3CCCC3)[nH]2)C(C)C)on1. The van der Waals surface area contributed by atoms with Crippen molar-refractivity contribution in [1.29, 1.82) is 0 Å². The minimum Gasteiger partial charge on any atom is -0.479 e. The van der Waals surface area contributed by atoms with E-state index < -0.39 is 18.1 Å². The number of ether oxygens (including phenoxy) is 1. The highest BCUT2D eigenvalue weighted by atomic mass is 32.1. The summed E-state index contributed by atoms with van der Waals surface area (Å²) in [7, 11) is 1.49. The van der Waals surface area contributed by atoms with Gasteiger partial charge in [0.1, 0.15) is 17.4 Å². The third kappa shape index (κ3) is 6.39. The third-order valence-electron chi connectivity index (χ3n) is 9.00. The van der Waals surface area contributed by atoms with E-state index in [-0.39, 0.29) is 30.3 Å². The van der Waals surface area contributed by atoms with E-state index in [9.17, 15) is 14.7 Å². The van der Waals surface area contributed by atoms with Gasteiger partial charge in [0.05, 0.1) is 41.5 Å². The summed E-state index contributed by atoms with van der Waals surface area (Å²) in [6.45, 7) is 6.54. The molecule has 2 N–H and O–H groups in total. The van der Waals surface area contributed by atoms with E-state index in [2.05, 4.69) is 44.4 Å². The first-order chi connectivity index (χ1) is 21.7. The summed E-state index contributed by atoms with van der Waals surface area (Å²) in [6, 6.07) is 9.61. The van der Waals surface area contributed by atoms with Crippen molar-refractivity contribution in [3.63, 3.8) is 0 Å². The van der Waals surface area contributed by atoms with Crippen molar-refractivity contribution in [2.24, 2.45) is 5.92 Å². The van der Waals surface area contributed by atoms with E-state index in [4.69, 9.17) is 9.26 Å². The Kier molecular flexibility index (Phi) is 9.04. The number of aromatic amines is 1. The number of methoxy groups -OCH3 is 1. The third-order valence-corrected chi connectivity index (χ3v) is 9.98. The van der Waals surface area contributed by atoms with Crippen molar-refractivity contribution in [2.75, 3.05) is 13.7 Å². The Morgan fingerprint density at radius 1 is 1.20 bits per heavy atom. The fourth-order valence-electron chi connectivity index (χ4n) is 6.63. The minimum atomic E-state index is -0.716. The fraction of sp³-hybridized carbons (Fsp3) is 0.485. The highest BCUT2D eigenvalue weighted by Crippen LogP contribution is 2.37. The average Bonchev–Trinajstić information content (AvgIpc) is 3.86. The standard InChI is InChI=1S/C33H40N6O5S/c1-19(2)29(27-14-28(43-4)37-44-27)33(42)39-17-24(40)13-26(39)31-34-15-25(36-31)32(41)38(23-7-5-6-8-23)16-21-9-11-22(12-10-21)30-20(3)35-18-45-30/h9-12,14-15,18-19,23-24,26,29,40H,5-8,13,16-17H2,1-4H3,(H,34,36)/t24-,26+,29?/m1/s1.